The molecule has 2 aromatic carbocycles. The van der Waals surface area contributed by atoms with Crippen LogP contribution in [0.5, 0.6) is 5.75 Å². The molecule has 0 heterocycles. The van der Waals surface area contributed by atoms with Gasteiger partial charge in [0.25, 0.3) is 5.91 Å². The Labute approximate surface area is 133 Å². The number of hydrogen-bond donors (Lipinski definition) is 1. The second-order valence-electron chi connectivity index (χ2n) is 4.71. The minimum Gasteiger partial charge on any atom is -0.494 e. The molecule has 2 rings (SSSR count). The van der Waals surface area contributed by atoms with Gasteiger partial charge in [-0.25, -0.2) is 0 Å². The van der Waals surface area contributed by atoms with Gasteiger partial charge in [-0.2, -0.15) is 0 Å². The van der Waals surface area contributed by atoms with Crippen LogP contribution in [0.2, 0.25) is 0 Å². The quantitative estimate of drug-likeness (QED) is 0.803. The average Bonchev–Trinajstić information content (AvgIpc) is 2.50. The van der Waals surface area contributed by atoms with E-state index >= 15 is 0 Å². The van der Waals surface area contributed by atoms with Gasteiger partial charge in [-0.1, -0.05) is 30.3 Å². The standard InChI is InChI=1S/C17H18BrNO2/c1-13-7-5-10-15(16(13)18)17(20)19-11-6-12-21-14-8-3-2-4-9-14/h2-5,7-10H,6,11-12H2,1H3,(H,19,20). The monoisotopic (exact) mass is 347 g/mol. The second kappa shape index (κ2) is 7.84. The van der Waals surface area contributed by atoms with Crippen molar-refractivity contribution in [3.8, 4) is 5.75 Å². The smallest absolute Gasteiger partial charge is 0.252 e. The van der Waals surface area contributed by atoms with Gasteiger partial charge in [-0.15, -0.1) is 0 Å². The first-order valence-electron chi connectivity index (χ1n) is 6.89. The van der Waals surface area contributed by atoms with Gasteiger partial charge in [0.05, 0.1) is 12.2 Å². The van der Waals surface area contributed by atoms with Gasteiger partial charge < -0.3 is 10.1 Å². The Morgan fingerprint density at radius 3 is 2.67 bits per heavy atom. The van der Waals surface area contributed by atoms with Gasteiger partial charge in [-0.3, -0.25) is 4.79 Å². The van der Waals surface area contributed by atoms with E-state index < -0.39 is 0 Å². The Balaban J connectivity index is 1.73. The van der Waals surface area contributed by atoms with E-state index in [-0.39, 0.29) is 5.91 Å². The van der Waals surface area contributed by atoms with Crippen LogP contribution in [0.4, 0.5) is 0 Å². The molecule has 1 amide bonds. The fourth-order valence-electron chi connectivity index (χ4n) is 1.90. The summed E-state index contributed by atoms with van der Waals surface area (Å²) in [6, 6.07) is 15.3. The van der Waals surface area contributed by atoms with E-state index in [2.05, 4.69) is 21.2 Å². The lowest BCUT2D eigenvalue weighted by atomic mass is 10.1. The third kappa shape index (κ3) is 4.60. The summed E-state index contributed by atoms with van der Waals surface area (Å²) < 4.78 is 6.43. The SMILES string of the molecule is Cc1cccc(C(=O)NCCCOc2ccccc2)c1Br. The highest BCUT2D eigenvalue weighted by molar-refractivity contribution is 9.10. The van der Waals surface area contributed by atoms with Crippen molar-refractivity contribution in [1.82, 2.24) is 5.32 Å². The number of carbonyl (C=O) groups excluding carboxylic acids is 1. The van der Waals surface area contributed by atoms with E-state index in [0.29, 0.717) is 18.7 Å². The number of carbonyl (C=O) groups is 1. The highest BCUT2D eigenvalue weighted by atomic mass is 79.9. The number of para-hydroxylation sites is 1. The number of amides is 1. The van der Waals surface area contributed by atoms with Gasteiger partial charge in [0.1, 0.15) is 5.75 Å². The summed E-state index contributed by atoms with van der Waals surface area (Å²) in [5.41, 5.74) is 1.72. The minimum atomic E-state index is -0.0645. The van der Waals surface area contributed by atoms with E-state index in [9.17, 15) is 4.79 Å². The first-order valence-corrected chi connectivity index (χ1v) is 7.69. The first kappa shape index (κ1) is 15.6. The molecule has 0 aliphatic carbocycles. The molecule has 0 aliphatic heterocycles. The normalized spacial score (nSPS) is 10.2. The highest BCUT2D eigenvalue weighted by Crippen LogP contribution is 2.20. The molecular weight excluding hydrogens is 330 g/mol. The number of aryl methyl sites for hydroxylation is 1. The fourth-order valence-corrected chi connectivity index (χ4v) is 2.34. The lowest BCUT2D eigenvalue weighted by Crippen LogP contribution is -2.26. The van der Waals surface area contributed by atoms with Crippen LogP contribution in [0.25, 0.3) is 0 Å². The van der Waals surface area contributed by atoms with Crippen molar-refractivity contribution in [2.45, 2.75) is 13.3 Å². The van der Waals surface area contributed by atoms with E-state index in [1.165, 1.54) is 0 Å². The Morgan fingerprint density at radius 1 is 1.14 bits per heavy atom. The summed E-state index contributed by atoms with van der Waals surface area (Å²) in [7, 11) is 0. The van der Waals surface area contributed by atoms with Crippen LogP contribution in [0.3, 0.4) is 0 Å². The lowest BCUT2D eigenvalue weighted by Gasteiger charge is -2.09. The number of nitrogens with one attached hydrogen (secondary N) is 1. The predicted octanol–water partition coefficient (Wildman–Crippen LogP) is 3.96. The Kier molecular flexibility index (Phi) is 5.81. The number of hydrogen-bond acceptors (Lipinski definition) is 2. The van der Waals surface area contributed by atoms with Crippen LogP contribution < -0.4 is 10.1 Å². The van der Waals surface area contributed by atoms with Crippen molar-refractivity contribution in [3.63, 3.8) is 0 Å². The van der Waals surface area contributed by atoms with E-state index in [0.717, 1.165) is 22.2 Å². The number of ether oxygens (including phenoxy) is 1. The van der Waals surface area contributed by atoms with Crippen LogP contribution in [0.15, 0.2) is 53.0 Å². The summed E-state index contributed by atoms with van der Waals surface area (Å²) in [6.07, 6.45) is 0.768. The Bertz CT molecular complexity index is 599. The van der Waals surface area contributed by atoms with Crippen LogP contribution in [-0.2, 0) is 0 Å². The second-order valence-corrected chi connectivity index (χ2v) is 5.50. The summed E-state index contributed by atoms with van der Waals surface area (Å²) in [5.74, 6) is 0.788. The molecule has 0 atom stereocenters. The number of halogens is 1. The molecule has 0 saturated carbocycles. The van der Waals surface area contributed by atoms with E-state index in [4.69, 9.17) is 4.74 Å². The third-order valence-electron chi connectivity index (χ3n) is 3.06. The summed E-state index contributed by atoms with van der Waals surface area (Å²) in [6.45, 7) is 3.14. The lowest BCUT2D eigenvalue weighted by molar-refractivity contribution is 0.0950. The maximum Gasteiger partial charge on any atom is 0.252 e. The molecule has 110 valence electrons. The highest BCUT2D eigenvalue weighted by Gasteiger charge is 2.10. The largest absolute Gasteiger partial charge is 0.494 e. The zero-order valence-electron chi connectivity index (χ0n) is 11.9. The molecule has 0 radical (unpaired) electrons. The molecule has 0 unspecified atom stereocenters. The number of rotatable bonds is 6. The maximum absolute atomic E-state index is 12.1. The predicted molar refractivity (Wildman–Crippen MR) is 87.8 cm³/mol. The molecule has 0 aliphatic rings. The molecule has 0 aromatic heterocycles. The summed E-state index contributed by atoms with van der Waals surface area (Å²) in [5, 5.41) is 2.90. The van der Waals surface area contributed by atoms with Crippen molar-refractivity contribution < 1.29 is 9.53 Å². The number of benzene rings is 2. The van der Waals surface area contributed by atoms with Crippen LogP contribution >= 0.6 is 15.9 Å². The fraction of sp³-hybridized carbons (Fsp3) is 0.235. The maximum atomic E-state index is 12.1. The van der Waals surface area contributed by atoms with Crippen LogP contribution in [0, 0.1) is 6.92 Å². The molecule has 0 fully saturated rings. The van der Waals surface area contributed by atoms with Crippen molar-refractivity contribution in [2.75, 3.05) is 13.2 Å². The van der Waals surface area contributed by atoms with Crippen molar-refractivity contribution >= 4 is 21.8 Å². The van der Waals surface area contributed by atoms with Gasteiger partial charge in [0.2, 0.25) is 0 Å². The van der Waals surface area contributed by atoms with Gasteiger partial charge in [0.15, 0.2) is 0 Å². The van der Waals surface area contributed by atoms with Crippen molar-refractivity contribution in [2.24, 2.45) is 0 Å². The molecule has 4 heteroatoms. The van der Waals surface area contributed by atoms with Gasteiger partial charge in [-0.05, 0) is 53.0 Å². The molecule has 2 aromatic rings. The van der Waals surface area contributed by atoms with Crippen molar-refractivity contribution in [1.29, 1.82) is 0 Å². The average molecular weight is 348 g/mol. The molecule has 21 heavy (non-hydrogen) atoms. The molecule has 0 bridgehead atoms. The molecule has 1 N–H and O–H groups in total. The molecule has 0 spiro atoms. The van der Waals surface area contributed by atoms with E-state index in [1.54, 1.807) is 0 Å². The summed E-state index contributed by atoms with van der Waals surface area (Å²) >= 11 is 3.45. The topological polar surface area (TPSA) is 38.3 Å². The van der Waals surface area contributed by atoms with Crippen LogP contribution in [0.1, 0.15) is 22.3 Å². The van der Waals surface area contributed by atoms with E-state index in [1.807, 2.05) is 55.5 Å². The zero-order chi connectivity index (χ0) is 15.1. The Hall–Kier alpha value is -1.81. The molecule has 0 saturated heterocycles. The third-order valence-corrected chi connectivity index (χ3v) is 4.11. The van der Waals surface area contributed by atoms with Gasteiger partial charge in [0, 0.05) is 11.0 Å². The van der Waals surface area contributed by atoms with Crippen LogP contribution in [-0.4, -0.2) is 19.1 Å². The van der Waals surface area contributed by atoms with Crippen molar-refractivity contribution in [3.05, 3.63) is 64.1 Å². The Morgan fingerprint density at radius 2 is 1.90 bits per heavy atom. The van der Waals surface area contributed by atoms with Gasteiger partial charge >= 0.3 is 0 Å². The zero-order valence-corrected chi connectivity index (χ0v) is 13.5. The molecule has 3 nitrogen and oxygen atoms in total. The minimum absolute atomic E-state index is 0.0645. The summed E-state index contributed by atoms with van der Waals surface area (Å²) in [4.78, 5) is 12.1. The molecular formula is C17H18BrNO2. The first-order chi connectivity index (χ1) is 10.2.